The molecule has 0 atom stereocenters. The summed E-state index contributed by atoms with van der Waals surface area (Å²) in [7, 11) is 3.94. The molecule has 0 aliphatic heterocycles. The van der Waals surface area contributed by atoms with E-state index in [1.165, 1.54) is 0 Å². The van der Waals surface area contributed by atoms with Crippen LogP contribution in [0.5, 0.6) is 0 Å². The fraction of sp³-hybridized carbons (Fsp3) is 0.450. The highest BCUT2D eigenvalue weighted by Gasteiger charge is 2.23. The van der Waals surface area contributed by atoms with Gasteiger partial charge in [0.15, 0.2) is 0 Å². The smallest absolute Gasteiger partial charge is 0.319 e. The number of nitrogens with zero attached hydrogens (tertiary/aromatic N) is 3. The van der Waals surface area contributed by atoms with Gasteiger partial charge in [0, 0.05) is 43.6 Å². The number of carbonyl (C=O) groups is 1. The molecule has 0 saturated heterocycles. The normalized spacial score (nSPS) is 18.8. The summed E-state index contributed by atoms with van der Waals surface area (Å²) < 4.78 is 0. The van der Waals surface area contributed by atoms with Gasteiger partial charge in [0.25, 0.3) is 0 Å². The number of aromatic nitrogens is 2. The molecule has 0 bridgehead atoms. The van der Waals surface area contributed by atoms with Crippen LogP contribution in [0.4, 0.5) is 22.2 Å². The zero-order valence-electron chi connectivity index (χ0n) is 16.8. The van der Waals surface area contributed by atoms with Gasteiger partial charge in [-0.25, -0.2) is 9.78 Å². The molecule has 1 aliphatic rings. The van der Waals surface area contributed by atoms with Crippen molar-refractivity contribution >= 4 is 46.7 Å². The van der Waals surface area contributed by atoms with Crippen molar-refractivity contribution in [3.05, 3.63) is 40.0 Å². The van der Waals surface area contributed by atoms with Crippen molar-refractivity contribution in [3.8, 4) is 0 Å². The molecule has 1 aliphatic carbocycles. The van der Waals surface area contributed by atoms with Crippen LogP contribution in [0.25, 0.3) is 0 Å². The summed E-state index contributed by atoms with van der Waals surface area (Å²) in [6.07, 6.45) is 5.49. The summed E-state index contributed by atoms with van der Waals surface area (Å²) in [6.45, 7) is 2.00. The van der Waals surface area contributed by atoms with E-state index in [0.717, 1.165) is 37.1 Å². The first kappa shape index (κ1) is 21.5. The van der Waals surface area contributed by atoms with Crippen molar-refractivity contribution in [3.63, 3.8) is 0 Å². The maximum absolute atomic E-state index is 12.2. The first-order valence-electron chi connectivity index (χ1n) is 9.62. The molecular weight excluding hydrogens is 411 g/mol. The molecule has 2 amide bonds. The van der Waals surface area contributed by atoms with Crippen LogP contribution in [0.3, 0.4) is 0 Å². The van der Waals surface area contributed by atoms with Crippen LogP contribution in [0, 0.1) is 6.92 Å². The second kappa shape index (κ2) is 9.50. The van der Waals surface area contributed by atoms with Crippen molar-refractivity contribution in [1.29, 1.82) is 0 Å². The molecule has 7 nitrogen and oxygen atoms in total. The van der Waals surface area contributed by atoms with E-state index >= 15 is 0 Å². The average Bonchev–Trinajstić information content (AvgIpc) is 2.67. The number of halogens is 2. The fourth-order valence-corrected chi connectivity index (χ4v) is 3.74. The van der Waals surface area contributed by atoms with Crippen molar-refractivity contribution in [2.75, 3.05) is 29.6 Å². The van der Waals surface area contributed by atoms with Gasteiger partial charge >= 0.3 is 6.03 Å². The van der Waals surface area contributed by atoms with E-state index in [1.807, 2.05) is 32.1 Å². The zero-order valence-corrected chi connectivity index (χ0v) is 18.3. The van der Waals surface area contributed by atoms with Gasteiger partial charge in [-0.1, -0.05) is 23.2 Å². The Morgan fingerprint density at radius 2 is 1.79 bits per heavy atom. The summed E-state index contributed by atoms with van der Waals surface area (Å²) >= 11 is 11.9. The molecule has 2 aromatic rings. The van der Waals surface area contributed by atoms with Gasteiger partial charge in [-0.2, -0.15) is 4.98 Å². The molecule has 3 rings (SSSR count). The van der Waals surface area contributed by atoms with E-state index in [2.05, 4.69) is 25.9 Å². The molecule has 3 N–H and O–H groups in total. The molecule has 156 valence electrons. The van der Waals surface area contributed by atoms with Crippen molar-refractivity contribution in [2.45, 2.75) is 44.7 Å². The predicted octanol–water partition coefficient (Wildman–Crippen LogP) is 4.70. The van der Waals surface area contributed by atoms with E-state index in [1.54, 1.807) is 18.2 Å². The van der Waals surface area contributed by atoms with Crippen molar-refractivity contribution < 1.29 is 4.79 Å². The second-order valence-corrected chi connectivity index (χ2v) is 8.33. The number of urea groups is 1. The Morgan fingerprint density at radius 3 is 2.45 bits per heavy atom. The van der Waals surface area contributed by atoms with E-state index < -0.39 is 0 Å². The van der Waals surface area contributed by atoms with Crippen LogP contribution in [0.15, 0.2) is 24.4 Å². The number of carbonyl (C=O) groups excluding carboxylic acids is 1. The maximum Gasteiger partial charge on any atom is 0.319 e. The minimum absolute atomic E-state index is 0.132. The molecule has 0 radical (unpaired) electrons. The topological polar surface area (TPSA) is 82.2 Å². The molecule has 1 saturated carbocycles. The maximum atomic E-state index is 12.2. The van der Waals surface area contributed by atoms with E-state index in [4.69, 9.17) is 23.2 Å². The summed E-state index contributed by atoms with van der Waals surface area (Å²) in [5, 5.41) is 10.1. The number of aryl methyl sites for hydroxylation is 1. The fourth-order valence-electron chi connectivity index (χ4n) is 3.45. The monoisotopic (exact) mass is 436 g/mol. The molecule has 1 aromatic carbocycles. The Morgan fingerprint density at radius 1 is 1.10 bits per heavy atom. The third kappa shape index (κ3) is 5.87. The third-order valence-electron chi connectivity index (χ3n) is 4.94. The lowest BCUT2D eigenvalue weighted by Gasteiger charge is -2.30. The van der Waals surface area contributed by atoms with E-state index in [-0.39, 0.29) is 12.1 Å². The van der Waals surface area contributed by atoms with Crippen molar-refractivity contribution in [1.82, 2.24) is 15.3 Å². The van der Waals surface area contributed by atoms with Gasteiger partial charge in [-0.15, -0.1) is 0 Å². The van der Waals surface area contributed by atoms with Crippen LogP contribution in [0.1, 0.15) is 31.2 Å². The number of benzene rings is 1. The minimum atomic E-state index is -0.239. The SMILES string of the molecule is Cc1cnc(NC2CCC(NC(=O)Nc3ccc(Cl)c(Cl)c3)CC2)nc1N(C)C. The Balaban J connectivity index is 1.47. The van der Waals surface area contributed by atoms with Crippen LogP contribution in [-0.4, -0.2) is 42.2 Å². The molecule has 29 heavy (non-hydrogen) atoms. The first-order chi connectivity index (χ1) is 13.8. The summed E-state index contributed by atoms with van der Waals surface area (Å²) in [5.41, 5.74) is 1.65. The number of anilines is 3. The third-order valence-corrected chi connectivity index (χ3v) is 5.68. The summed E-state index contributed by atoms with van der Waals surface area (Å²) in [6, 6.07) is 5.20. The van der Waals surface area contributed by atoms with Crippen LogP contribution < -0.4 is 20.9 Å². The summed E-state index contributed by atoms with van der Waals surface area (Å²) in [4.78, 5) is 23.2. The van der Waals surface area contributed by atoms with Gasteiger partial charge in [0.05, 0.1) is 10.0 Å². The van der Waals surface area contributed by atoms with Crippen LogP contribution in [0.2, 0.25) is 10.0 Å². The number of rotatable bonds is 5. The van der Waals surface area contributed by atoms with Gasteiger partial charge in [0.2, 0.25) is 5.95 Å². The van der Waals surface area contributed by atoms with E-state index in [0.29, 0.717) is 27.7 Å². The van der Waals surface area contributed by atoms with Gasteiger partial charge in [0.1, 0.15) is 5.82 Å². The molecule has 1 heterocycles. The Hall–Kier alpha value is -2.25. The number of hydrogen-bond donors (Lipinski definition) is 3. The Bertz CT molecular complexity index is 868. The highest BCUT2D eigenvalue weighted by Crippen LogP contribution is 2.26. The number of amides is 2. The van der Waals surface area contributed by atoms with Gasteiger partial charge < -0.3 is 20.9 Å². The molecule has 1 fully saturated rings. The summed E-state index contributed by atoms with van der Waals surface area (Å²) in [5.74, 6) is 1.56. The number of hydrogen-bond acceptors (Lipinski definition) is 5. The lowest BCUT2D eigenvalue weighted by Crippen LogP contribution is -2.42. The minimum Gasteiger partial charge on any atom is -0.362 e. The van der Waals surface area contributed by atoms with Gasteiger partial charge in [-0.05, 0) is 50.8 Å². The number of nitrogens with one attached hydrogen (secondary N) is 3. The highest BCUT2D eigenvalue weighted by molar-refractivity contribution is 6.42. The average molecular weight is 437 g/mol. The van der Waals surface area contributed by atoms with Crippen LogP contribution in [-0.2, 0) is 0 Å². The molecule has 1 aromatic heterocycles. The zero-order chi connectivity index (χ0) is 21.0. The second-order valence-electron chi connectivity index (χ2n) is 7.51. The highest BCUT2D eigenvalue weighted by atomic mass is 35.5. The lowest BCUT2D eigenvalue weighted by atomic mass is 9.91. The van der Waals surface area contributed by atoms with Crippen molar-refractivity contribution in [2.24, 2.45) is 0 Å². The van der Waals surface area contributed by atoms with Crippen LogP contribution >= 0.6 is 23.2 Å². The van der Waals surface area contributed by atoms with Gasteiger partial charge in [-0.3, -0.25) is 0 Å². The standard InChI is InChI=1S/C20H26Cl2N6O/c1-12-11-23-19(27-18(12)28(2)3)24-13-4-6-14(7-5-13)25-20(29)26-15-8-9-16(21)17(22)10-15/h8-11,13-14H,4-7H2,1-3H3,(H,23,24,27)(H2,25,26,29). The molecule has 0 unspecified atom stereocenters. The predicted molar refractivity (Wildman–Crippen MR) is 119 cm³/mol. The molecular formula is C20H26Cl2N6O. The quantitative estimate of drug-likeness (QED) is 0.632. The Labute approximate surface area is 181 Å². The lowest BCUT2D eigenvalue weighted by molar-refractivity contribution is 0.243. The molecule has 9 heteroatoms. The first-order valence-corrected chi connectivity index (χ1v) is 10.4. The Kier molecular flexibility index (Phi) is 7.03. The molecule has 0 spiro atoms. The largest absolute Gasteiger partial charge is 0.362 e. The van der Waals surface area contributed by atoms with E-state index in [9.17, 15) is 4.79 Å².